The van der Waals surface area contributed by atoms with E-state index in [4.69, 9.17) is 17.3 Å². The monoisotopic (exact) mass is 238 g/mol. The van der Waals surface area contributed by atoms with Crippen LogP contribution in [0.25, 0.3) is 10.6 Å². The van der Waals surface area contributed by atoms with Crippen LogP contribution in [0.4, 0.5) is 0 Å². The molecular weight excluding hydrogens is 232 g/mol. The van der Waals surface area contributed by atoms with Crippen LogP contribution in [-0.2, 0) is 0 Å². The minimum absolute atomic E-state index is 0.131. The first kappa shape index (κ1) is 10.0. The van der Waals surface area contributed by atoms with Gasteiger partial charge < -0.3 is 10.1 Å². The second-order valence-corrected chi connectivity index (χ2v) is 4.09. The van der Waals surface area contributed by atoms with Crippen molar-refractivity contribution in [2.24, 2.45) is 0 Å². The molecule has 0 bridgehead atoms. The van der Waals surface area contributed by atoms with Crippen LogP contribution < -0.4 is 0 Å². The predicted octanol–water partition coefficient (Wildman–Crippen LogP) is 2.57. The number of aromatic carboxylic acids is 1. The Morgan fingerprint density at radius 1 is 1.60 bits per heavy atom. The summed E-state index contributed by atoms with van der Waals surface area (Å²) in [5.74, 6) is -1.02. The van der Waals surface area contributed by atoms with E-state index in [1.165, 1.54) is 17.5 Å². The number of carboxylic acids is 1. The average Bonchev–Trinajstić information content (AvgIpc) is 2.69. The van der Waals surface area contributed by atoms with Crippen LogP contribution in [0.5, 0.6) is 0 Å². The fraction of sp³-hybridized carbons (Fsp3) is 0. The number of nitrogens with zero attached hydrogens (tertiary/aromatic N) is 1. The van der Waals surface area contributed by atoms with Gasteiger partial charge in [0, 0.05) is 6.20 Å². The quantitative estimate of drug-likeness (QED) is 0.789. The number of hydrogen-bond acceptors (Lipinski definition) is 4. The number of aromatic amines is 1. The van der Waals surface area contributed by atoms with Crippen LogP contribution in [0, 0.1) is 4.77 Å². The molecule has 76 valence electrons. The molecule has 2 rings (SSSR count). The smallest absolute Gasteiger partial charge is 0.339 e. The second kappa shape index (κ2) is 3.92. The zero-order valence-corrected chi connectivity index (χ0v) is 9.06. The highest BCUT2D eigenvalue weighted by molar-refractivity contribution is 7.71. The lowest BCUT2D eigenvalue weighted by molar-refractivity contribution is 0.0697. The number of thiophene rings is 1. The fourth-order valence-electron chi connectivity index (χ4n) is 1.17. The van der Waals surface area contributed by atoms with Gasteiger partial charge in [0.15, 0.2) is 4.77 Å². The first-order chi connectivity index (χ1) is 7.18. The molecule has 0 atom stereocenters. The number of carboxylic acid groups (broad SMARTS) is 1. The van der Waals surface area contributed by atoms with E-state index in [1.807, 2.05) is 17.5 Å². The Balaban J connectivity index is 2.68. The molecule has 2 aromatic heterocycles. The van der Waals surface area contributed by atoms with Gasteiger partial charge in [-0.15, -0.1) is 11.3 Å². The van der Waals surface area contributed by atoms with Crippen molar-refractivity contribution in [3.05, 3.63) is 34.0 Å². The Bertz CT molecular complexity index is 545. The van der Waals surface area contributed by atoms with E-state index in [-0.39, 0.29) is 10.3 Å². The van der Waals surface area contributed by atoms with Crippen molar-refractivity contribution in [2.45, 2.75) is 0 Å². The molecule has 2 aromatic rings. The molecule has 0 amide bonds. The van der Waals surface area contributed by atoms with Crippen molar-refractivity contribution in [3.8, 4) is 10.6 Å². The Morgan fingerprint density at radius 2 is 2.40 bits per heavy atom. The van der Waals surface area contributed by atoms with Gasteiger partial charge in [-0.25, -0.2) is 9.78 Å². The van der Waals surface area contributed by atoms with Crippen LogP contribution in [0.1, 0.15) is 10.4 Å². The van der Waals surface area contributed by atoms with E-state index in [0.29, 0.717) is 5.69 Å². The molecule has 0 aliphatic heterocycles. The molecule has 15 heavy (non-hydrogen) atoms. The highest BCUT2D eigenvalue weighted by Crippen LogP contribution is 2.25. The summed E-state index contributed by atoms with van der Waals surface area (Å²) < 4.78 is 0.281. The van der Waals surface area contributed by atoms with Crippen molar-refractivity contribution in [1.82, 2.24) is 9.97 Å². The molecular formula is C9H6N2O2S2. The van der Waals surface area contributed by atoms with Gasteiger partial charge in [0.1, 0.15) is 5.56 Å². The zero-order valence-electron chi connectivity index (χ0n) is 7.43. The van der Waals surface area contributed by atoms with Crippen molar-refractivity contribution in [1.29, 1.82) is 0 Å². The lowest BCUT2D eigenvalue weighted by Gasteiger charge is -2.02. The highest BCUT2D eigenvalue weighted by Gasteiger charge is 2.13. The third kappa shape index (κ3) is 1.95. The number of nitrogens with one attached hydrogen (secondary N) is 1. The first-order valence-corrected chi connectivity index (χ1v) is 5.34. The summed E-state index contributed by atoms with van der Waals surface area (Å²) in [4.78, 5) is 18.3. The van der Waals surface area contributed by atoms with Crippen LogP contribution >= 0.6 is 23.6 Å². The van der Waals surface area contributed by atoms with E-state index < -0.39 is 5.97 Å². The fourth-order valence-corrected chi connectivity index (χ4v) is 2.07. The van der Waals surface area contributed by atoms with Gasteiger partial charge in [-0.2, -0.15) is 0 Å². The maximum atomic E-state index is 10.9. The number of H-pyrrole nitrogens is 1. The average molecular weight is 238 g/mol. The number of rotatable bonds is 2. The molecule has 0 aliphatic carbocycles. The molecule has 0 aliphatic rings. The van der Waals surface area contributed by atoms with E-state index >= 15 is 0 Å². The number of hydrogen-bond donors (Lipinski definition) is 2. The lowest BCUT2D eigenvalue weighted by Crippen LogP contribution is -2.02. The molecule has 0 radical (unpaired) electrons. The Morgan fingerprint density at radius 3 is 3.00 bits per heavy atom. The molecule has 0 spiro atoms. The van der Waals surface area contributed by atoms with Crippen molar-refractivity contribution in [2.75, 3.05) is 0 Å². The maximum Gasteiger partial charge on any atom is 0.339 e. The van der Waals surface area contributed by atoms with Gasteiger partial charge in [0.2, 0.25) is 0 Å². The number of carbonyl (C=O) groups is 1. The standard InChI is InChI=1S/C9H6N2O2S2/c12-8(13)5-4-10-9(14)11-7(5)6-2-1-3-15-6/h1-4H,(H,12,13)(H,10,11,14). The van der Waals surface area contributed by atoms with Crippen LogP contribution in [0.15, 0.2) is 23.7 Å². The van der Waals surface area contributed by atoms with Crippen LogP contribution in [-0.4, -0.2) is 21.0 Å². The Kier molecular flexibility index (Phi) is 2.61. The van der Waals surface area contributed by atoms with Gasteiger partial charge in [0.05, 0.1) is 10.6 Å². The van der Waals surface area contributed by atoms with Crippen molar-refractivity contribution < 1.29 is 9.90 Å². The van der Waals surface area contributed by atoms with Gasteiger partial charge >= 0.3 is 5.97 Å². The van der Waals surface area contributed by atoms with E-state index in [9.17, 15) is 4.79 Å². The van der Waals surface area contributed by atoms with E-state index in [0.717, 1.165) is 4.88 Å². The third-order valence-corrected chi connectivity index (χ3v) is 2.90. The minimum Gasteiger partial charge on any atom is -0.478 e. The summed E-state index contributed by atoms with van der Waals surface area (Å²) >= 11 is 6.31. The molecule has 0 unspecified atom stereocenters. The maximum absolute atomic E-state index is 10.9. The van der Waals surface area contributed by atoms with Gasteiger partial charge in [-0.3, -0.25) is 0 Å². The molecule has 0 fully saturated rings. The summed E-state index contributed by atoms with van der Waals surface area (Å²) in [6, 6.07) is 3.68. The Labute approximate surface area is 94.2 Å². The summed E-state index contributed by atoms with van der Waals surface area (Å²) in [5.41, 5.74) is 0.642. The summed E-state index contributed by atoms with van der Waals surface area (Å²) in [5, 5.41) is 10.8. The first-order valence-electron chi connectivity index (χ1n) is 4.05. The lowest BCUT2D eigenvalue weighted by atomic mass is 10.2. The molecule has 0 saturated heterocycles. The van der Waals surface area contributed by atoms with E-state index in [1.54, 1.807) is 0 Å². The van der Waals surface area contributed by atoms with Crippen LogP contribution in [0.3, 0.4) is 0 Å². The van der Waals surface area contributed by atoms with Crippen LogP contribution in [0.2, 0.25) is 0 Å². The topological polar surface area (TPSA) is 66.0 Å². The molecule has 2 heterocycles. The van der Waals surface area contributed by atoms with Crippen molar-refractivity contribution in [3.63, 3.8) is 0 Å². The summed E-state index contributed by atoms with van der Waals surface area (Å²) in [6.07, 6.45) is 1.27. The second-order valence-electron chi connectivity index (χ2n) is 2.76. The largest absolute Gasteiger partial charge is 0.478 e. The highest BCUT2D eigenvalue weighted by atomic mass is 32.1. The predicted molar refractivity (Wildman–Crippen MR) is 59.7 cm³/mol. The zero-order chi connectivity index (χ0) is 10.8. The molecule has 0 aromatic carbocycles. The van der Waals surface area contributed by atoms with Gasteiger partial charge in [-0.05, 0) is 23.7 Å². The molecule has 4 nitrogen and oxygen atoms in total. The minimum atomic E-state index is -1.02. The molecule has 6 heteroatoms. The molecule has 0 saturated carbocycles. The summed E-state index contributed by atoms with van der Waals surface area (Å²) in [6.45, 7) is 0. The third-order valence-electron chi connectivity index (χ3n) is 1.81. The SMILES string of the molecule is O=C(O)c1cnc(=S)[nH]c1-c1cccs1. The number of aromatic nitrogens is 2. The van der Waals surface area contributed by atoms with Crippen molar-refractivity contribution >= 4 is 29.5 Å². The Hall–Kier alpha value is -1.53. The van der Waals surface area contributed by atoms with E-state index in [2.05, 4.69) is 9.97 Å². The normalized spacial score (nSPS) is 10.1. The van der Waals surface area contributed by atoms with Gasteiger partial charge in [0.25, 0.3) is 0 Å². The molecule has 2 N–H and O–H groups in total. The van der Waals surface area contributed by atoms with Gasteiger partial charge in [-0.1, -0.05) is 6.07 Å². The summed E-state index contributed by atoms with van der Waals surface area (Å²) in [7, 11) is 0.